The molecule has 3 rings (SSSR count). The van der Waals surface area contributed by atoms with E-state index in [9.17, 15) is 8.42 Å². The lowest BCUT2D eigenvalue weighted by Gasteiger charge is -2.26. The van der Waals surface area contributed by atoms with E-state index in [4.69, 9.17) is 11.6 Å². The first-order valence-corrected chi connectivity index (χ1v) is 12.6. The normalized spacial score (nSPS) is 13.7. The van der Waals surface area contributed by atoms with Crippen LogP contribution in [0.15, 0.2) is 72.8 Å². The second-order valence-corrected chi connectivity index (χ2v) is 10.5. The van der Waals surface area contributed by atoms with Gasteiger partial charge >= 0.3 is 0 Å². The second kappa shape index (κ2) is 10.4. The number of hydrogen-bond donors (Lipinski definition) is 1. The molecule has 1 N–H and O–H groups in total. The first kappa shape index (κ1) is 23.5. The molecule has 3 aromatic carbocycles. The van der Waals surface area contributed by atoms with Crippen LogP contribution in [-0.4, -0.2) is 20.2 Å². The predicted octanol–water partition coefficient (Wildman–Crippen LogP) is 5.83. The third-order valence-electron chi connectivity index (χ3n) is 5.92. The molecule has 0 radical (unpaired) electrons. The summed E-state index contributed by atoms with van der Waals surface area (Å²) in [6.45, 7) is 6.04. The summed E-state index contributed by atoms with van der Waals surface area (Å²) in [7, 11) is -3.44. The van der Waals surface area contributed by atoms with Crippen LogP contribution >= 0.6 is 11.6 Å². The minimum absolute atomic E-state index is 0.00449. The fourth-order valence-corrected chi connectivity index (χ4v) is 5.38. The minimum atomic E-state index is -3.44. The highest BCUT2D eigenvalue weighted by Crippen LogP contribution is 2.26. The molecule has 0 aliphatic rings. The van der Waals surface area contributed by atoms with E-state index in [1.54, 1.807) is 0 Å². The van der Waals surface area contributed by atoms with Gasteiger partial charge in [-0.3, -0.25) is 0 Å². The molecular weight excluding hydrogens is 426 g/mol. The SMILES string of the molecule is Cc1cccc(CCS(=O)(=O)NC(C)C(Cc2ccccc2)c2ccc(Cl)cc2)c1C. The first-order valence-electron chi connectivity index (χ1n) is 10.6. The fraction of sp³-hybridized carbons (Fsp3) is 0.308. The molecule has 0 saturated heterocycles. The Morgan fingerprint density at radius 3 is 2.26 bits per heavy atom. The van der Waals surface area contributed by atoms with Crippen LogP contribution in [0.25, 0.3) is 0 Å². The number of sulfonamides is 1. The minimum Gasteiger partial charge on any atom is -0.212 e. The fourth-order valence-electron chi connectivity index (χ4n) is 3.91. The van der Waals surface area contributed by atoms with Crippen molar-refractivity contribution in [3.63, 3.8) is 0 Å². The summed E-state index contributed by atoms with van der Waals surface area (Å²) >= 11 is 6.07. The summed E-state index contributed by atoms with van der Waals surface area (Å²) in [5.74, 6) is 0.0653. The van der Waals surface area contributed by atoms with E-state index in [1.807, 2.05) is 81.4 Å². The van der Waals surface area contributed by atoms with Gasteiger partial charge in [-0.2, -0.15) is 0 Å². The van der Waals surface area contributed by atoms with Crippen LogP contribution in [0, 0.1) is 13.8 Å². The van der Waals surface area contributed by atoms with Crippen molar-refractivity contribution in [2.24, 2.45) is 0 Å². The molecule has 0 fully saturated rings. The van der Waals surface area contributed by atoms with Gasteiger partial charge in [-0.25, -0.2) is 13.1 Å². The van der Waals surface area contributed by atoms with Gasteiger partial charge in [0.2, 0.25) is 10.0 Å². The molecule has 31 heavy (non-hydrogen) atoms. The molecule has 0 amide bonds. The number of rotatable bonds is 9. The molecule has 0 aliphatic carbocycles. The summed E-state index contributed by atoms with van der Waals surface area (Å²) in [6.07, 6.45) is 1.24. The Kier molecular flexibility index (Phi) is 7.93. The Labute approximate surface area is 191 Å². The molecule has 0 aliphatic heterocycles. The zero-order valence-electron chi connectivity index (χ0n) is 18.3. The maximum atomic E-state index is 12.9. The Morgan fingerprint density at radius 2 is 1.58 bits per heavy atom. The quantitative estimate of drug-likeness (QED) is 0.441. The number of hydrogen-bond acceptors (Lipinski definition) is 2. The zero-order valence-corrected chi connectivity index (χ0v) is 19.9. The number of halogens is 1. The molecule has 3 aromatic rings. The molecule has 0 bridgehead atoms. The standard InChI is InChI=1S/C26H30ClNO2S/c1-19-8-7-11-23(20(19)2)16-17-31(29,30)28-21(3)26(18-22-9-5-4-6-10-22)24-12-14-25(27)15-13-24/h4-15,21,26,28H,16-18H2,1-3H3. The lowest BCUT2D eigenvalue weighted by molar-refractivity contribution is 0.503. The molecule has 0 saturated carbocycles. The number of aryl methyl sites for hydroxylation is 2. The van der Waals surface area contributed by atoms with Crippen molar-refractivity contribution in [3.05, 3.63) is 106 Å². The maximum Gasteiger partial charge on any atom is 0.212 e. The van der Waals surface area contributed by atoms with Crippen molar-refractivity contribution in [3.8, 4) is 0 Å². The van der Waals surface area contributed by atoms with Crippen LogP contribution in [0.4, 0.5) is 0 Å². The molecule has 0 aromatic heterocycles. The van der Waals surface area contributed by atoms with Gasteiger partial charge in [0.1, 0.15) is 0 Å². The largest absolute Gasteiger partial charge is 0.212 e. The third kappa shape index (κ3) is 6.67. The average Bonchev–Trinajstić information content (AvgIpc) is 2.74. The summed E-state index contributed by atoms with van der Waals surface area (Å²) in [6, 6.07) is 23.6. The van der Waals surface area contributed by atoms with Gasteiger partial charge in [0.25, 0.3) is 0 Å². The summed E-state index contributed by atoms with van der Waals surface area (Å²) < 4.78 is 28.8. The lowest BCUT2D eigenvalue weighted by atomic mass is 9.87. The van der Waals surface area contributed by atoms with Crippen molar-refractivity contribution in [1.29, 1.82) is 0 Å². The average molecular weight is 456 g/mol. The molecule has 164 valence electrons. The number of benzene rings is 3. The van der Waals surface area contributed by atoms with Gasteiger partial charge in [0.05, 0.1) is 5.75 Å². The van der Waals surface area contributed by atoms with Crippen LogP contribution in [0.5, 0.6) is 0 Å². The van der Waals surface area contributed by atoms with E-state index in [0.717, 1.165) is 23.1 Å². The molecule has 2 unspecified atom stereocenters. The molecule has 3 nitrogen and oxygen atoms in total. The molecule has 0 spiro atoms. The number of nitrogens with one attached hydrogen (secondary N) is 1. The highest BCUT2D eigenvalue weighted by molar-refractivity contribution is 7.89. The molecule has 2 atom stereocenters. The smallest absolute Gasteiger partial charge is 0.212 e. The molecular formula is C26H30ClNO2S. The van der Waals surface area contributed by atoms with Crippen molar-refractivity contribution in [1.82, 2.24) is 4.72 Å². The Hall–Kier alpha value is -2.14. The van der Waals surface area contributed by atoms with E-state index in [1.165, 1.54) is 11.1 Å². The van der Waals surface area contributed by atoms with Crippen molar-refractivity contribution in [2.45, 2.75) is 45.6 Å². The zero-order chi connectivity index (χ0) is 22.4. The Balaban J connectivity index is 1.75. The van der Waals surface area contributed by atoms with E-state index < -0.39 is 10.0 Å². The van der Waals surface area contributed by atoms with E-state index >= 15 is 0 Å². The summed E-state index contributed by atoms with van der Waals surface area (Å²) in [5, 5.41) is 0.670. The highest BCUT2D eigenvalue weighted by Gasteiger charge is 2.24. The van der Waals surface area contributed by atoms with E-state index in [0.29, 0.717) is 11.4 Å². The van der Waals surface area contributed by atoms with Crippen LogP contribution in [0.1, 0.15) is 40.7 Å². The van der Waals surface area contributed by atoms with Gasteiger partial charge in [0, 0.05) is 17.0 Å². The monoisotopic (exact) mass is 455 g/mol. The molecule has 5 heteroatoms. The van der Waals surface area contributed by atoms with Gasteiger partial charge in [-0.15, -0.1) is 0 Å². The van der Waals surface area contributed by atoms with Crippen LogP contribution in [0.2, 0.25) is 5.02 Å². The summed E-state index contributed by atoms with van der Waals surface area (Å²) in [4.78, 5) is 0. The van der Waals surface area contributed by atoms with Crippen LogP contribution in [-0.2, 0) is 22.9 Å². The van der Waals surface area contributed by atoms with Gasteiger partial charge in [0.15, 0.2) is 0 Å². The van der Waals surface area contributed by atoms with Gasteiger partial charge in [-0.05, 0) is 73.6 Å². The van der Waals surface area contributed by atoms with E-state index in [-0.39, 0.29) is 17.7 Å². The summed E-state index contributed by atoms with van der Waals surface area (Å²) in [5.41, 5.74) is 5.66. The van der Waals surface area contributed by atoms with Gasteiger partial charge in [-0.1, -0.05) is 72.3 Å². The molecule has 0 heterocycles. The van der Waals surface area contributed by atoms with Crippen molar-refractivity contribution in [2.75, 3.05) is 5.75 Å². The van der Waals surface area contributed by atoms with E-state index in [2.05, 4.69) is 16.9 Å². The topological polar surface area (TPSA) is 46.2 Å². The first-order chi connectivity index (χ1) is 14.7. The van der Waals surface area contributed by atoms with Crippen LogP contribution < -0.4 is 4.72 Å². The highest BCUT2D eigenvalue weighted by atomic mass is 35.5. The van der Waals surface area contributed by atoms with Crippen molar-refractivity contribution >= 4 is 21.6 Å². The Morgan fingerprint density at radius 1 is 0.903 bits per heavy atom. The van der Waals surface area contributed by atoms with Crippen molar-refractivity contribution < 1.29 is 8.42 Å². The van der Waals surface area contributed by atoms with Gasteiger partial charge < -0.3 is 0 Å². The maximum absolute atomic E-state index is 12.9. The predicted molar refractivity (Wildman–Crippen MR) is 130 cm³/mol. The third-order valence-corrected chi connectivity index (χ3v) is 7.65. The lowest BCUT2D eigenvalue weighted by Crippen LogP contribution is -2.39. The second-order valence-electron chi connectivity index (χ2n) is 8.18. The van der Waals surface area contributed by atoms with Crippen LogP contribution in [0.3, 0.4) is 0 Å². The Bertz CT molecular complexity index is 1100.